The summed E-state index contributed by atoms with van der Waals surface area (Å²) in [5.74, 6) is 5.99. The van der Waals surface area contributed by atoms with Gasteiger partial charge in [0.2, 0.25) is 0 Å². The van der Waals surface area contributed by atoms with Crippen LogP contribution in [0.2, 0.25) is 0 Å². The molecule has 4 heteroatoms. The zero-order valence-corrected chi connectivity index (χ0v) is 9.79. The molecule has 0 saturated carbocycles. The van der Waals surface area contributed by atoms with Crippen LogP contribution in [0.4, 0.5) is 5.82 Å². The Morgan fingerprint density at radius 1 is 1.19 bits per heavy atom. The van der Waals surface area contributed by atoms with E-state index < -0.39 is 0 Å². The highest BCUT2D eigenvalue weighted by molar-refractivity contribution is 7.99. The van der Waals surface area contributed by atoms with Gasteiger partial charge in [0.05, 0.1) is 0 Å². The minimum absolute atomic E-state index is 0.678. The Bertz CT molecular complexity index is 485. The van der Waals surface area contributed by atoms with Crippen LogP contribution in [0.15, 0.2) is 52.4 Å². The fourth-order valence-corrected chi connectivity index (χ4v) is 2.28. The maximum atomic E-state index is 5.31. The Morgan fingerprint density at radius 3 is 2.75 bits per heavy atom. The number of benzene rings is 1. The van der Waals surface area contributed by atoms with E-state index in [0.717, 1.165) is 5.03 Å². The molecule has 0 bridgehead atoms. The lowest BCUT2D eigenvalue weighted by Gasteiger charge is -2.04. The molecule has 3 nitrogen and oxygen atoms in total. The van der Waals surface area contributed by atoms with Gasteiger partial charge in [-0.2, -0.15) is 0 Å². The molecule has 82 valence electrons. The minimum Gasteiger partial charge on any atom is -0.308 e. The lowest BCUT2D eigenvalue weighted by Crippen LogP contribution is -2.08. The van der Waals surface area contributed by atoms with Crippen molar-refractivity contribution in [2.45, 2.75) is 16.8 Å². The summed E-state index contributed by atoms with van der Waals surface area (Å²) in [7, 11) is 0. The Balaban J connectivity index is 2.20. The van der Waals surface area contributed by atoms with E-state index in [2.05, 4.69) is 35.5 Å². The Morgan fingerprint density at radius 2 is 2.00 bits per heavy atom. The van der Waals surface area contributed by atoms with Crippen LogP contribution in [-0.2, 0) is 0 Å². The maximum Gasteiger partial charge on any atom is 0.141 e. The van der Waals surface area contributed by atoms with E-state index in [-0.39, 0.29) is 0 Å². The van der Waals surface area contributed by atoms with Crippen LogP contribution in [-0.4, -0.2) is 4.98 Å². The molecule has 0 spiro atoms. The standard InChI is InChI=1S/C12H13N3S/c1-9-4-2-5-10(8-9)16-12-7-3-6-11(14-12)15-13/h2-8H,13H2,1H3,(H,14,15). The second-order valence-electron chi connectivity index (χ2n) is 3.42. The number of nitrogens with two attached hydrogens (primary N) is 1. The van der Waals surface area contributed by atoms with Crippen LogP contribution < -0.4 is 11.3 Å². The van der Waals surface area contributed by atoms with Gasteiger partial charge in [-0.3, -0.25) is 0 Å². The van der Waals surface area contributed by atoms with Gasteiger partial charge in [0.25, 0.3) is 0 Å². The predicted octanol–water partition coefficient (Wildman–Crippen LogP) is 2.83. The molecule has 1 aromatic heterocycles. The first-order valence-corrected chi connectivity index (χ1v) is 5.78. The van der Waals surface area contributed by atoms with Gasteiger partial charge in [0.15, 0.2) is 0 Å². The molecule has 0 aliphatic carbocycles. The predicted molar refractivity (Wildman–Crippen MR) is 67.3 cm³/mol. The lowest BCUT2D eigenvalue weighted by atomic mass is 10.2. The topological polar surface area (TPSA) is 50.9 Å². The number of hydrogen-bond acceptors (Lipinski definition) is 4. The summed E-state index contributed by atoms with van der Waals surface area (Å²) >= 11 is 1.62. The summed E-state index contributed by atoms with van der Waals surface area (Å²) in [6.45, 7) is 2.08. The normalized spacial score (nSPS) is 10.1. The molecule has 0 aliphatic rings. The highest BCUT2D eigenvalue weighted by Crippen LogP contribution is 2.27. The second-order valence-corrected chi connectivity index (χ2v) is 4.52. The van der Waals surface area contributed by atoms with Crippen molar-refractivity contribution in [3.63, 3.8) is 0 Å². The van der Waals surface area contributed by atoms with Crippen molar-refractivity contribution in [1.29, 1.82) is 0 Å². The average molecular weight is 231 g/mol. The van der Waals surface area contributed by atoms with Crippen molar-refractivity contribution in [1.82, 2.24) is 4.98 Å². The molecule has 0 fully saturated rings. The van der Waals surface area contributed by atoms with E-state index in [4.69, 9.17) is 5.84 Å². The molecule has 3 N–H and O–H groups in total. The molecule has 0 saturated heterocycles. The highest BCUT2D eigenvalue weighted by atomic mass is 32.2. The summed E-state index contributed by atoms with van der Waals surface area (Å²) in [6, 6.07) is 14.1. The molecule has 1 aromatic carbocycles. The molecular formula is C12H13N3S. The number of nitrogen functional groups attached to an aromatic ring is 1. The Labute approximate surface area is 99.1 Å². The number of anilines is 1. The van der Waals surface area contributed by atoms with Crippen LogP contribution in [0.3, 0.4) is 0 Å². The van der Waals surface area contributed by atoms with Crippen LogP contribution >= 0.6 is 11.8 Å². The zero-order valence-electron chi connectivity index (χ0n) is 8.97. The third kappa shape index (κ3) is 2.74. The van der Waals surface area contributed by atoms with Crippen molar-refractivity contribution in [2.24, 2.45) is 5.84 Å². The fraction of sp³-hybridized carbons (Fsp3) is 0.0833. The van der Waals surface area contributed by atoms with E-state index in [0.29, 0.717) is 5.82 Å². The smallest absolute Gasteiger partial charge is 0.141 e. The number of aryl methyl sites for hydroxylation is 1. The largest absolute Gasteiger partial charge is 0.308 e. The first kappa shape index (κ1) is 11.0. The summed E-state index contributed by atoms with van der Waals surface area (Å²) in [6.07, 6.45) is 0. The molecule has 0 aliphatic heterocycles. The van der Waals surface area contributed by atoms with E-state index >= 15 is 0 Å². The number of pyridine rings is 1. The van der Waals surface area contributed by atoms with E-state index in [1.807, 2.05) is 24.3 Å². The number of hydrazine groups is 1. The number of nitrogens with one attached hydrogen (secondary N) is 1. The minimum atomic E-state index is 0.678. The number of aromatic nitrogens is 1. The summed E-state index contributed by atoms with van der Waals surface area (Å²) in [4.78, 5) is 5.53. The van der Waals surface area contributed by atoms with Gasteiger partial charge in [0.1, 0.15) is 10.8 Å². The molecule has 0 atom stereocenters. The molecule has 2 rings (SSSR count). The zero-order chi connectivity index (χ0) is 11.4. The Hall–Kier alpha value is -1.52. The number of hydrogen-bond donors (Lipinski definition) is 2. The van der Waals surface area contributed by atoms with E-state index in [9.17, 15) is 0 Å². The summed E-state index contributed by atoms with van der Waals surface area (Å²) < 4.78 is 0. The third-order valence-electron chi connectivity index (χ3n) is 2.08. The molecule has 0 unspecified atom stereocenters. The van der Waals surface area contributed by atoms with E-state index in [1.165, 1.54) is 10.5 Å². The maximum absolute atomic E-state index is 5.31. The van der Waals surface area contributed by atoms with Crippen molar-refractivity contribution >= 4 is 17.6 Å². The van der Waals surface area contributed by atoms with Crippen molar-refractivity contribution in [2.75, 3.05) is 5.43 Å². The first-order valence-electron chi connectivity index (χ1n) is 4.96. The van der Waals surface area contributed by atoms with Crippen molar-refractivity contribution in [3.8, 4) is 0 Å². The number of nitrogens with zero attached hydrogens (tertiary/aromatic N) is 1. The van der Waals surface area contributed by atoms with Gasteiger partial charge >= 0.3 is 0 Å². The van der Waals surface area contributed by atoms with Crippen molar-refractivity contribution < 1.29 is 0 Å². The molecule has 0 radical (unpaired) electrons. The fourth-order valence-electron chi connectivity index (χ4n) is 1.35. The quantitative estimate of drug-likeness (QED) is 0.630. The van der Waals surface area contributed by atoms with Gasteiger partial charge in [0, 0.05) is 4.90 Å². The van der Waals surface area contributed by atoms with Gasteiger partial charge < -0.3 is 5.43 Å². The molecular weight excluding hydrogens is 218 g/mol. The first-order chi connectivity index (χ1) is 7.78. The average Bonchev–Trinajstić information content (AvgIpc) is 2.29. The summed E-state index contributed by atoms with van der Waals surface area (Å²) in [5, 5.41) is 0.932. The van der Waals surface area contributed by atoms with Crippen molar-refractivity contribution in [3.05, 3.63) is 48.0 Å². The van der Waals surface area contributed by atoms with Gasteiger partial charge in [-0.05, 0) is 31.2 Å². The molecule has 16 heavy (non-hydrogen) atoms. The monoisotopic (exact) mass is 231 g/mol. The second kappa shape index (κ2) is 5.01. The highest BCUT2D eigenvalue weighted by Gasteiger charge is 1.99. The van der Waals surface area contributed by atoms with Gasteiger partial charge in [-0.25, -0.2) is 10.8 Å². The van der Waals surface area contributed by atoms with Gasteiger partial charge in [-0.15, -0.1) is 0 Å². The van der Waals surface area contributed by atoms with Crippen LogP contribution in [0.1, 0.15) is 5.56 Å². The number of rotatable bonds is 3. The molecule has 1 heterocycles. The van der Waals surface area contributed by atoms with Crippen LogP contribution in [0.25, 0.3) is 0 Å². The van der Waals surface area contributed by atoms with Crippen LogP contribution in [0, 0.1) is 6.92 Å². The van der Waals surface area contributed by atoms with Crippen LogP contribution in [0.5, 0.6) is 0 Å². The molecule has 2 aromatic rings. The SMILES string of the molecule is Cc1cccc(Sc2cccc(NN)n2)c1. The molecule has 0 amide bonds. The Kier molecular flexibility index (Phi) is 3.44. The van der Waals surface area contributed by atoms with Gasteiger partial charge in [-0.1, -0.05) is 35.5 Å². The lowest BCUT2D eigenvalue weighted by molar-refractivity contribution is 1.11. The summed E-state index contributed by atoms with van der Waals surface area (Å²) in [5.41, 5.74) is 3.79. The van der Waals surface area contributed by atoms with E-state index in [1.54, 1.807) is 11.8 Å². The third-order valence-corrected chi connectivity index (χ3v) is 3.01.